The third-order valence-electron chi connectivity index (χ3n) is 5.78. The molecule has 37 heavy (non-hydrogen) atoms. The van der Waals surface area contributed by atoms with Crippen LogP contribution in [0.25, 0.3) is 0 Å². The highest BCUT2D eigenvalue weighted by molar-refractivity contribution is 9.10. The van der Waals surface area contributed by atoms with Crippen LogP contribution in [0.3, 0.4) is 0 Å². The molecule has 3 aromatic rings. The van der Waals surface area contributed by atoms with Crippen LogP contribution in [0.5, 0.6) is 5.75 Å². The molecule has 1 atom stereocenters. The molecule has 0 bridgehead atoms. The fraction of sp³-hybridized carbons (Fsp3) is 0.333. The summed E-state index contributed by atoms with van der Waals surface area (Å²) in [5, 5.41) is 3.63. The molecule has 1 N–H and O–H groups in total. The first-order chi connectivity index (χ1) is 17.4. The van der Waals surface area contributed by atoms with Gasteiger partial charge in [0.15, 0.2) is 6.61 Å². The van der Waals surface area contributed by atoms with Gasteiger partial charge in [-0.3, -0.25) is 9.59 Å². The second-order valence-electron chi connectivity index (χ2n) is 10.3. The van der Waals surface area contributed by atoms with Crippen molar-refractivity contribution in [3.63, 3.8) is 0 Å². The molecule has 5 nitrogen and oxygen atoms in total. The zero-order chi connectivity index (χ0) is 27.2. The zero-order valence-corrected chi connectivity index (χ0v) is 24.3. The van der Waals surface area contributed by atoms with Crippen LogP contribution in [0, 0.1) is 13.8 Å². The van der Waals surface area contributed by atoms with Crippen molar-refractivity contribution in [2.24, 2.45) is 0 Å². The van der Waals surface area contributed by atoms with Crippen molar-refractivity contribution in [2.75, 3.05) is 6.61 Å². The second kappa shape index (κ2) is 12.6. The molecule has 2 amide bonds. The van der Waals surface area contributed by atoms with Gasteiger partial charge < -0.3 is 15.0 Å². The zero-order valence-electron chi connectivity index (χ0n) is 22.0. The van der Waals surface area contributed by atoms with E-state index in [-0.39, 0.29) is 25.0 Å². The summed E-state index contributed by atoms with van der Waals surface area (Å²) in [4.78, 5) is 28.9. The summed E-state index contributed by atoms with van der Waals surface area (Å²) in [5.74, 6) is 0.0956. The lowest BCUT2D eigenvalue weighted by Gasteiger charge is -2.33. The largest absolute Gasteiger partial charge is 0.484 e. The van der Waals surface area contributed by atoms with E-state index in [1.54, 1.807) is 11.0 Å². The molecule has 0 aliphatic carbocycles. The number of nitrogens with zero attached hydrogens (tertiary/aromatic N) is 1. The van der Waals surface area contributed by atoms with E-state index in [2.05, 4.69) is 21.2 Å². The standard InChI is InChI=1S/C30H34BrClN2O3/c1-20-14-25(15-21(2)28(20)31)37-19-27(35)34(18-23-12-9-13-24(32)16-23)26(29(36)33-30(3,4)5)17-22-10-7-6-8-11-22/h6-16,26H,17-19H2,1-5H3,(H,33,36)/t26-/m0/s1. The van der Waals surface area contributed by atoms with E-state index in [4.69, 9.17) is 16.3 Å². The van der Waals surface area contributed by atoms with Crippen molar-refractivity contribution in [1.29, 1.82) is 0 Å². The topological polar surface area (TPSA) is 58.6 Å². The lowest BCUT2D eigenvalue weighted by Crippen LogP contribution is -2.55. The maximum atomic E-state index is 13.7. The number of hydrogen-bond acceptors (Lipinski definition) is 3. The number of hydrogen-bond donors (Lipinski definition) is 1. The first-order valence-electron chi connectivity index (χ1n) is 12.2. The molecule has 3 rings (SSSR count). The van der Waals surface area contributed by atoms with Crippen LogP contribution >= 0.6 is 27.5 Å². The smallest absolute Gasteiger partial charge is 0.261 e. The molecule has 3 aromatic carbocycles. The van der Waals surface area contributed by atoms with Gasteiger partial charge >= 0.3 is 0 Å². The quantitative estimate of drug-likeness (QED) is 0.306. The Morgan fingerprint density at radius 2 is 1.59 bits per heavy atom. The Kier molecular flexibility index (Phi) is 9.80. The van der Waals surface area contributed by atoms with Gasteiger partial charge in [-0.1, -0.05) is 70.0 Å². The molecule has 0 fully saturated rings. The van der Waals surface area contributed by atoms with Crippen LogP contribution in [0.15, 0.2) is 71.2 Å². The number of carbonyl (C=O) groups is 2. The van der Waals surface area contributed by atoms with Crippen LogP contribution in [0.4, 0.5) is 0 Å². The van der Waals surface area contributed by atoms with Gasteiger partial charge in [0.25, 0.3) is 5.91 Å². The number of halogens is 2. The summed E-state index contributed by atoms with van der Waals surface area (Å²) in [6.07, 6.45) is 0.367. The highest BCUT2D eigenvalue weighted by Gasteiger charge is 2.32. The van der Waals surface area contributed by atoms with E-state index in [9.17, 15) is 9.59 Å². The normalized spacial score (nSPS) is 12.1. The predicted octanol–water partition coefficient (Wildman–Crippen LogP) is 6.65. The van der Waals surface area contributed by atoms with E-state index in [1.807, 2.05) is 95.3 Å². The van der Waals surface area contributed by atoms with Crippen molar-refractivity contribution in [1.82, 2.24) is 10.2 Å². The third kappa shape index (κ3) is 8.61. The number of ether oxygens (including phenoxy) is 1. The lowest BCUT2D eigenvalue weighted by molar-refractivity contribution is -0.143. The summed E-state index contributed by atoms with van der Waals surface area (Å²) < 4.78 is 6.95. The first-order valence-corrected chi connectivity index (χ1v) is 13.4. The molecule has 0 unspecified atom stereocenters. The van der Waals surface area contributed by atoms with Crippen LogP contribution in [0.1, 0.15) is 43.0 Å². The molecule has 0 heterocycles. The van der Waals surface area contributed by atoms with Crippen molar-refractivity contribution in [3.8, 4) is 5.75 Å². The molecule has 0 aliphatic rings. The number of nitrogens with one attached hydrogen (secondary N) is 1. The Morgan fingerprint density at radius 1 is 0.973 bits per heavy atom. The van der Waals surface area contributed by atoms with Crippen molar-refractivity contribution >= 4 is 39.3 Å². The van der Waals surface area contributed by atoms with E-state index in [1.165, 1.54) is 0 Å². The number of rotatable bonds is 9. The molecular formula is C30H34BrClN2O3. The fourth-order valence-electron chi connectivity index (χ4n) is 4.06. The van der Waals surface area contributed by atoms with Crippen molar-refractivity contribution in [3.05, 3.63) is 98.5 Å². The van der Waals surface area contributed by atoms with Gasteiger partial charge in [0.2, 0.25) is 5.91 Å². The predicted molar refractivity (Wildman–Crippen MR) is 153 cm³/mol. The molecular weight excluding hydrogens is 552 g/mol. The van der Waals surface area contributed by atoms with Gasteiger partial charge in [0, 0.05) is 28.0 Å². The van der Waals surface area contributed by atoms with Gasteiger partial charge in [-0.05, 0) is 81.1 Å². The van der Waals surface area contributed by atoms with Gasteiger partial charge in [-0.2, -0.15) is 0 Å². The van der Waals surface area contributed by atoms with Crippen LogP contribution < -0.4 is 10.1 Å². The van der Waals surface area contributed by atoms with E-state index >= 15 is 0 Å². The number of benzene rings is 3. The van der Waals surface area contributed by atoms with Gasteiger partial charge in [0.05, 0.1) is 0 Å². The summed E-state index contributed by atoms with van der Waals surface area (Å²) >= 11 is 9.80. The minimum atomic E-state index is -0.745. The number of amides is 2. The number of aryl methyl sites for hydroxylation is 2. The first kappa shape index (κ1) is 28.7. The van der Waals surface area contributed by atoms with E-state index in [0.717, 1.165) is 26.7 Å². The van der Waals surface area contributed by atoms with Crippen LogP contribution in [-0.4, -0.2) is 34.9 Å². The summed E-state index contributed by atoms with van der Waals surface area (Å²) in [6.45, 7) is 9.75. The minimum Gasteiger partial charge on any atom is -0.484 e. The molecule has 0 aliphatic heterocycles. The lowest BCUT2D eigenvalue weighted by atomic mass is 10.0. The highest BCUT2D eigenvalue weighted by atomic mass is 79.9. The Hall–Kier alpha value is -2.83. The summed E-state index contributed by atoms with van der Waals surface area (Å²) in [5.41, 5.74) is 3.37. The second-order valence-corrected chi connectivity index (χ2v) is 11.5. The Balaban J connectivity index is 1.94. The molecule has 0 saturated carbocycles. The SMILES string of the molecule is Cc1cc(OCC(=O)N(Cc2cccc(Cl)c2)[C@@H](Cc2ccccc2)C(=O)NC(C)(C)C)cc(C)c1Br. The Labute approximate surface area is 233 Å². The summed E-state index contributed by atoms with van der Waals surface area (Å²) in [6, 6.07) is 20.1. The monoisotopic (exact) mass is 584 g/mol. The third-order valence-corrected chi connectivity index (χ3v) is 7.27. The van der Waals surface area contributed by atoms with E-state index < -0.39 is 11.6 Å². The molecule has 0 spiro atoms. The number of carbonyl (C=O) groups excluding carboxylic acids is 2. The van der Waals surface area contributed by atoms with E-state index in [0.29, 0.717) is 17.2 Å². The van der Waals surface area contributed by atoms with Gasteiger partial charge in [-0.15, -0.1) is 0 Å². The van der Waals surface area contributed by atoms with Gasteiger partial charge in [0.1, 0.15) is 11.8 Å². The van der Waals surface area contributed by atoms with Crippen LogP contribution in [-0.2, 0) is 22.6 Å². The average molecular weight is 586 g/mol. The Bertz CT molecular complexity index is 1220. The minimum absolute atomic E-state index is 0.199. The molecule has 7 heteroatoms. The summed E-state index contributed by atoms with van der Waals surface area (Å²) in [7, 11) is 0. The molecule has 0 saturated heterocycles. The molecule has 0 radical (unpaired) electrons. The highest BCUT2D eigenvalue weighted by Crippen LogP contribution is 2.26. The average Bonchev–Trinajstić information content (AvgIpc) is 2.82. The fourth-order valence-corrected chi connectivity index (χ4v) is 4.50. The van der Waals surface area contributed by atoms with Gasteiger partial charge in [-0.25, -0.2) is 0 Å². The Morgan fingerprint density at radius 3 is 2.19 bits per heavy atom. The molecule has 196 valence electrons. The van der Waals surface area contributed by atoms with Crippen LogP contribution in [0.2, 0.25) is 5.02 Å². The van der Waals surface area contributed by atoms with Crippen molar-refractivity contribution < 1.29 is 14.3 Å². The molecule has 0 aromatic heterocycles. The maximum Gasteiger partial charge on any atom is 0.261 e. The maximum absolute atomic E-state index is 13.7. The van der Waals surface area contributed by atoms with Crippen molar-refractivity contribution in [2.45, 2.75) is 59.2 Å².